The molecule has 1 amide bonds. The van der Waals surface area contributed by atoms with Gasteiger partial charge < -0.3 is 15.2 Å². The van der Waals surface area contributed by atoms with Gasteiger partial charge in [0.05, 0.1) is 6.04 Å². The highest BCUT2D eigenvalue weighted by atomic mass is 35.5. The molecule has 138 valence electrons. The van der Waals surface area contributed by atoms with Gasteiger partial charge in [0.25, 0.3) is 5.89 Å². The third kappa shape index (κ3) is 4.18. The van der Waals surface area contributed by atoms with Crippen LogP contribution in [0.2, 0.25) is 5.02 Å². The third-order valence-corrected chi connectivity index (χ3v) is 4.82. The molecule has 27 heavy (non-hydrogen) atoms. The fourth-order valence-corrected chi connectivity index (χ4v) is 3.17. The second-order valence-corrected chi connectivity index (χ2v) is 6.93. The summed E-state index contributed by atoms with van der Waals surface area (Å²) in [5.41, 5.74) is 2.69. The molecule has 0 radical (unpaired) electrons. The Balaban J connectivity index is 1.40. The van der Waals surface area contributed by atoms with E-state index in [-0.39, 0.29) is 11.9 Å². The zero-order valence-electron chi connectivity index (χ0n) is 14.6. The second-order valence-electron chi connectivity index (χ2n) is 6.49. The Morgan fingerprint density at radius 3 is 2.59 bits per heavy atom. The summed E-state index contributed by atoms with van der Waals surface area (Å²) in [6.07, 6.45) is 1.95. The molecule has 1 aliphatic heterocycles. The average molecular weight is 383 g/mol. The minimum atomic E-state index is -0.0612. The van der Waals surface area contributed by atoms with E-state index >= 15 is 0 Å². The van der Waals surface area contributed by atoms with Crippen molar-refractivity contribution in [1.82, 2.24) is 20.8 Å². The van der Waals surface area contributed by atoms with Gasteiger partial charge in [-0.05, 0) is 61.3 Å². The van der Waals surface area contributed by atoms with E-state index in [1.54, 1.807) is 12.1 Å². The number of halogens is 1. The number of hydrogen-bond donors (Lipinski definition) is 2. The van der Waals surface area contributed by atoms with Gasteiger partial charge in [-0.3, -0.25) is 4.79 Å². The van der Waals surface area contributed by atoms with E-state index in [1.807, 2.05) is 36.4 Å². The van der Waals surface area contributed by atoms with Crippen LogP contribution in [0.3, 0.4) is 0 Å². The summed E-state index contributed by atoms with van der Waals surface area (Å²) in [5.74, 6) is 1.02. The molecule has 7 heteroatoms. The number of amides is 1. The van der Waals surface area contributed by atoms with Crippen LogP contribution in [-0.2, 0) is 11.3 Å². The third-order valence-electron chi connectivity index (χ3n) is 4.57. The van der Waals surface area contributed by atoms with Crippen molar-refractivity contribution in [2.75, 3.05) is 6.54 Å². The van der Waals surface area contributed by atoms with Crippen LogP contribution in [0.4, 0.5) is 0 Å². The van der Waals surface area contributed by atoms with Gasteiger partial charge in [-0.2, -0.15) is 4.98 Å². The van der Waals surface area contributed by atoms with Crippen molar-refractivity contribution in [1.29, 1.82) is 0 Å². The van der Waals surface area contributed by atoms with E-state index in [0.29, 0.717) is 23.3 Å². The Morgan fingerprint density at radius 2 is 1.89 bits per heavy atom. The fourth-order valence-electron chi connectivity index (χ4n) is 3.04. The SMILES string of the molecule is O=C(NCc1ccc(-c2nc(-c3ccc(Cl)cc3)no2)cc1)C1CCCN1. The molecule has 0 aliphatic carbocycles. The highest BCUT2D eigenvalue weighted by Crippen LogP contribution is 2.23. The van der Waals surface area contributed by atoms with Crippen LogP contribution in [0.25, 0.3) is 22.8 Å². The van der Waals surface area contributed by atoms with Gasteiger partial charge in [-0.1, -0.05) is 28.9 Å². The molecular weight excluding hydrogens is 364 g/mol. The molecule has 4 rings (SSSR count). The standard InChI is InChI=1S/C20H19ClN4O2/c21-16-9-7-14(8-10-16)18-24-20(27-25-18)15-5-3-13(4-6-15)12-23-19(26)17-2-1-11-22-17/h3-10,17,22H,1-2,11-12H2,(H,23,26). The van der Waals surface area contributed by atoms with Crippen molar-refractivity contribution >= 4 is 17.5 Å². The van der Waals surface area contributed by atoms with E-state index in [4.69, 9.17) is 16.1 Å². The zero-order valence-corrected chi connectivity index (χ0v) is 15.4. The number of rotatable bonds is 5. The molecule has 3 aromatic rings. The quantitative estimate of drug-likeness (QED) is 0.706. The molecule has 2 N–H and O–H groups in total. The van der Waals surface area contributed by atoms with Crippen LogP contribution in [0.5, 0.6) is 0 Å². The lowest BCUT2D eigenvalue weighted by Gasteiger charge is -2.11. The normalized spacial score (nSPS) is 16.4. The van der Waals surface area contributed by atoms with Gasteiger partial charge in [0, 0.05) is 22.7 Å². The van der Waals surface area contributed by atoms with Crippen LogP contribution < -0.4 is 10.6 Å². The summed E-state index contributed by atoms with van der Waals surface area (Å²) < 4.78 is 5.37. The van der Waals surface area contributed by atoms with Crippen molar-refractivity contribution < 1.29 is 9.32 Å². The van der Waals surface area contributed by atoms with Crippen LogP contribution in [-0.4, -0.2) is 28.6 Å². The fraction of sp³-hybridized carbons (Fsp3) is 0.250. The first-order valence-corrected chi connectivity index (χ1v) is 9.27. The molecule has 1 aliphatic rings. The lowest BCUT2D eigenvalue weighted by Crippen LogP contribution is -2.39. The van der Waals surface area contributed by atoms with Crippen molar-refractivity contribution in [3.05, 3.63) is 59.1 Å². The highest BCUT2D eigenvalue weighted by molar-refractivity contribution is 6.30. The van der Waals surface area contributed by atoms with Gasteiger partial charge >= 0.3 is 0 Å². The topological polar surface area (TPSA) is 80.1 Å². The Morgan fingerprint density at radius 1 is 1.15 bits per heavy atom. The predicted molar refractivity (Wildman–Crippen MR) is 103 cm³/mol. The molecule has 1 aromatic heterocycles. The Kier molecular flexibility index (Phi) is 5.18. The number of hydrogen-bond acceptors (Lipinski definition) is 5. The van der Waals surface area contributed by atoms with Gasteiger partial charge in [0.2, 0.25) is 11.7 Å². The molecule has 6 nitrogen and oxygen atoms in total. The van der Waals surface area contributed by atoms with Gasteiger partial charge in [-0.15, -0.1) is 0 Å². The van der Waals surface area contributed by atoms with Crippen molar-refractivity contribution in [3.8, 4) is 22.8 Å². The highest BCUT2D eigenvalue weighted by Gasteiger charge is 2.21. The number of nitrogens with zero attached hydrogens (tertiary/aromatic N) is 2. The summed E-state index contributed by atoms with van der Waals surface area (Å²) in [7, 11) is 0. The molecule has 0 bridgehead atoms. The number of carbonyl (C=O) groups is 1. The maximum Gasteiger partial charge on any atom is 0.258 e. The maximum atomic E-state index is 12.1. The summed E-state index contributed by atoms with van der Waals surface area (Å²) >= 11 is 5.90. The van der Waals surface area contributed by atoms with Gasteiger partial charge in [-0.25, -0.2) is 0 Å². The van der Waals surface area contributed by atoms with E-state index < -0.39 is 0 Å². The molecule has 1 unspecified atom stereocenters. The molecule has 2 aromatic carbocycles. The molecule has 0 spiro atoms. The Hall–Kier alpha value is -2.70. The van der Waals surface area contributed by atoms with Crippen LogP contribution in [0, 0.1) is 0 Å². The molecule has 0 saturated carbocycles. The van der Waals surface area contributed by atoms with Crippen molar-refractivity contribution in [2.24, 2.45) is 0 Å². The molecule has 1 saturated heterocycles. The predicted octanol–water partition coefficient (Wildman–Crippen LogP) is 3.43. The first kappa shape index (κ1) is 17.7. The van der Waals surface area contributed by atoms with E-state index in [1.165, 1.54) is 0 Å². The number of aromatic nitrogens is 2. The van der Waals surface area contributed by atoms with Gasteiger partial charge in [0.15, 0.2) is 0 Å². The molecule has 1 atom stereocenters. The second kappa shape index (κ2) is 7.90. The molecular formula is C20H19ClN4O2. The van der Waals surface area contributed by atoms with Crippen LogP contribution in [0.15, 0.2) is 53.1 Å². The maximum absolute atomic E-state index is 12.1. The van der Waals surface area contributed by atoms with Crippen LogP contribution in [0.1, 0.15) is 18.4 Å². The largest absolute Gasteiger partial charge is 0.351 e. The number of nitrogens with one attached hydrogen (secondary N) is 2. The lowest BCUT2D eigenvalue weighted by atomic mass is 10.1. The first-order chi connectivity index (χ1) is 13.2. The number of benzene rings is 2. The van der Waals surface area contributed by atoms with Crippen molar-refractivity contribution in [3.63, 3.8) is 0 Å². The van der Waals surface area contributed by atoms with Crippen molar-refractivity contribution in [2.45, 2.75) is 25.4 Å². The van der Waals surface area contributed by atoms with E-state index in [9.17, 15) is 4.79 Å². The lowest BCUT2D eigenvalue weighted by molar-refractivity contribution is -0.122. The Labute approximate surface area is 161 Å². The average Bonchev–Trinajstić information content (AvgIpc) is 3.39. The van der Waals surface area contributed by atoms with Gasteiger partial charge in [0.1, 0.15) is 0 Å². The summed E-state index contributed by atoms with van der Waals surface area (Å²) in [5, 5.41) is 10.8. The van der Waals surface area contributed by atoms with E-state index in [0.717, 1.165) is 36.1 Å². The zero-order chi connectivity index (χ0) is 18.6. The smallest absolute Gasteiger partial charge is 0.258 e. The number of carbonyl (C=O) groups excluding carboxylic acids is 1. The minimum absolute atomic E-state index is 0.0566. The molecule has 2 heterocycles. The summed E-state index contributed by atoms with van der Waals surface area (Å²) in [4.78, 5) is 16.5. The summed E-state index contributed by atoms with van der Waals surface area (Å²) in [6.45, 7) is 1.41. The van der Waals surface area contributed by atoms with Crippen LogP contribution >= 0.6 is 11.6 Å². The minimum Gasteiger partial charge on any atom is -0.351 e. The molecule has 1 fully saturated rings. The monoisotopic (exact) mass is 382 g/mol. The first-order valence-electron chi connectivity index (χ1n) is 8.89. The summed E-state index contributed by atoms with van der Waals surface area (Å²) in [6, 6.07) is 14.9. The van der Waals surface area contributed by atoms with E-state index in [2.05, 4.69) is 20.8 Å². The Bertz CT molecular complexity index is 916.